The van der Waals surface area contributed by atoms with E-state index >= 15 is 0 Å². The van der Waals surface area contributed by atoms with Crippen LogP contribution in [-0.4, -0.2) is 52.0 Å². The number of likely N-dealkylation sites (tertiary alicyclic amines) is 1. The number of amides is 2. The molecule has 1 spiro atoms. The average Bonchev–Trinajstić information content (AvgIpc) is 3.17. The monoisotopic (exact) mass is 357 g/mol. The van der Waals surface area contributed by atoms with Crippen molar-refractivity contribution in [2.75, 3.05) is 24.5 Å². The van der Waals surface area contributed by atoms with Gasteiger partial charge in [-0.05, 0) is 19.1 Å². The number of fused-ring (bicyclic) bond motifs is 1. The Morgan fingerprint density at radius 3 is 2.84 bits per heavy atom. The average molecular weight is 357 g/mol. The van der Waals surface area contributed by atoms with Gasteiger partial charge >= 0.3 is 0 Å². The highest BCUT2D eigenvalue weighted by Crippen LogP contribution is 2.36. The van der Waals surface area contributed by atoms with Crippen LogP contribution < -0.4 is 10.2 Å². The van der Waals surface area contributed by atoms with Gasteiger partial charge < -0.3 is 15.1 Å². The van der Waals surface area contributed by atoms with Gasteiger partial charge in [0.15, 0.2) is 0 Å². The van der Waals surface area contributed by atoms with Gasteiger partial charge in [-0.25, -0.2) is 9.97 Å². The molecule has 8 heteroatoms. The fourth-order valence-corrected chi connectivity index (χ4v) is 4.27. The maximum absolute atomic E-state index is 12.6. The van der Waals surface area contributed by atoms with E-state index in [-0.39, 0.29) is 11.8 Å². The lowest BCUT2D eigenvalue weighted by molar-refractivity contribution is 0.0598. The van der Waals surface area contributed by atoms with E-state index in [0.717, 1.165) is 12.4 Å². The minimum Gasteiger partial charge on any atom is -0.337 e. The van der Waals surface area contributed by atoms with Gasteiger partial charge in [-0.15, -0.1) is 11.3 Å². The summed E-state index contributed by atoms with van der Waals surface area (Å²) in [6.45, 7) is 3.96. The van der Waals surface area contributed by atoms with Crippen molar-refractivity contribution in [2.45, 2.75) is 25.4 Å². The van der Waals surface area contributed by atoms with E-state index in [1.165, 1.54) is 11.3 Å². The predicted molar refractivity (Wildman–Crippen MR) is 94.7 cm³/mol. The summed E-state index contributed by atoms with van der Waals surface area (Å²) in [7, 11) is 0. The Balaban J connectivity index is 1.58. The number of nitrogens with zero attached hydrogens (tertiary/aromatic N) is 4. The zero-order valence-corrected chi connectivity index (χ0v) is 14.8. The molecule has 0 aromatic carbocycles. The van der Waals surface area contributed by atoms with Crippen LogP contribution in [0.15, 0.2) is 29.2 Å². The largest absolute Gasteiger partial charge is 0.337 e. The second-order valence-electron chi connectivity index (χ2n) is 6.27. The molecule has 0 bridgehead atoms. The number of hydrogen-bond acceptors (Lipinski definition) is 6. The van der Waals surface area contributed by atoms with Crippen molar-refractivity contribution in [3.63, 3.8) is 0 Å². The highest BCUT2D eigenvalue weighted by Gasteiger charge is 2.46. The van der Waals surface area contributed by atoms with E-state index in [2.05, 4.69) is 27.1 Å². The lowest BCUT2D eigenvalue weighted by atomic mass is 9.91. The van der Waals surface area contributed by atoms with Crippen molar-refractivity contribution in [3.05, 3.63) is 40.5 Å². The van der Waals surface area contributed by atoms with Crippen LogP contribution in [0.25, 0.3) is 0 Å². The molecule has 0 saturated carbocycles. The summed E-state index contributed by atoms with van der Waals surface area (Å²) in [5.41, 5.74) is 2.29. The number of thiazole rings is 1. The van der Waals surface area contributed by atoms with Crippen molar-refractivity contribution in [2.24, 2.45) is 0 Å². The van der Waals surface area contributed by atoms with Crippen molar-refractivity contribution in [1.29, 1.82) is 0 Å². The molecule has 1 fully saturated rings. The number of hydrogen-bond donors (Lipinski definition) is 1. The number of pyridine rings is 1. The first-order chi connectivity index (χ1) is 12.1. The fraction of sp³-hybridized carbons (Fsp3) is 0.412. The molecule has 2 aromatic heterocycles. The van der Waals surface area contributed by atoms with Gasteiger partial charge in [-0.2, -0.15) is 0 Å². The second-order valence-corrected chi connectivity index (χ2v) is 6.99. The summed E-state index contributed by atoms with van der Waals surface area (Å²) in [6.07, 6.45) is 3.05. The Hall–Kier alpha value is -2.48. The molecule has 1 saturated heterocycles. The summed E-state index contributed by atoms with van der Waals surface area (Å²) >= 11 is 1.42. The molecule has 7 nitrogen and oxygen atoms in total. The summed E-state index contributed by atoms with van der Waals surface area (Å²) in [5.74, 6) is 0.597. The van der Waals surface area contributed by atoms with Crippen molar-refractivity contribution < 1.29 is 9.59 Å². The Morgan fingerprint density at radius 2 is 2.16 bits per heavy atom. The molecule has 130 valence electrons. The smallest absolute Gasteiger partial charge is 0.273 e. The van der Waals surface area contributed by atoms with Crippen LogP contribution in [0.4, 0.5) is 5.82 Å². The first-order valence-electron chi connectivity index (χ1n) is 8.37. The first kappa shape index (κ1) is 16.0. The van der Waals surface area contributed by atoms with Gasteiger partial charge in [0, 0.05) is 44.1 Å². The van der Waals surface area contributed by atoms with Crippen LogP contribution in [0.1, 0.15) is 40.6 Å². The zero-order chi connectivity index (χ0) is 17.4. The maximum Gasteiger partial charge on any atom is 0.273 e. The number of aromatic nitrogens is 2. The van der Waals surface area contributed by atoms with Gasteiger partial charge in [0.05, 0.1) is 11.1 Å². The van der Waals surface area contributed by atoms with E-state index in [1.54, 1.807) is 29.2 Å². The molecule has 0 aliphatic carbocycles. The minimum atomic E-state index is -0.480. The van der Waals surface area contributed by atoms with Crippen molar-refractivity contribution in [3.8, 4) is 0 Å². The van der Waals surface area contributed by atoms with Gasteiger partial charge in [0.25, 0.3) is 11.8 Å². The zero-order valence-electron chi connectivity index (χ0n) is 13.9. The third kappa shape index (κ3) is 2.57. The number of carbonyl (C=O) groups excluding carboxylic acids is 2. The molecule has 0 atom stereocenters. The Kier molecular flexibility index (Phi) is 3.91. The van der Waals surface area contributed by atoms with E-state index in [9.17, 15) is 9.59 Å². The molecule has 2 aliphatic rings. The Bertz CT molecular complexity index is 799. The molecule has 4 rings (SSSR count). The maximum atomic E-state index is 12.6. The summed E-state index contributed by atoms with van der Waals surface area (Å²) in [6, 6.07) is 3.58. The van der Waals surface area contributed by atoms with Crippen molar-refractivity contribution >= 4 is 29.0 Å². The first-order valence-corrected chi connectivity index (χ1v) is 9.31. The van der Waals surface area contributed by atoms with Gasteiger partial charge in [-0.1, -0.05) is 0 Å². The third-order valence-corrected chi connectivity index (χ3v) is 5.58. The van der Waals surface area contributed by atoms with E-state index in [1.807, 2.05) is 4.90 Å². The number of anilines is 1. The molecule has 2 amide bonds. The molecular formula is C17H19N5O2S. The number of piperidine rings is 1. The minimum absolute atomic E-state index is 0.0418. The lowest BCUT2D eigenvalue weighted by Crippen LogP contribution is -2.68. The van der Waals surface area contributed by atoms with E-state index in [0.29, 0.717) is 37.2 Å². The fourth-order valence-electron chi connectivity index (χ4n) is 3.75. The van der Waals surface area contributed by atoms with Crippen LogP contribution in [0.5, 0.6) is 0 Å². The highest BCUT2D eigenvalue weighted by atomic mass is 32.1. The molecule has 1 N–H and O–H groups in total. The quantitative estimate of drug-likeness (QED) is 0.886. The number of rotatable bonds is 2. The van der Waals surface area contributed by atoms with E-state index in [4.69, 9.17) is 0 Å². The van der Waals surface area contributed by atoms with Gasteiger partial charge in [0.1, 0.15) is 17.2 Å². The molecule has 2 aliphatic heterocycles. The lowest BCUT2D eigenvalue weighted by Gasteiger charge is -2.51. The molecule has 0 unspecified atom stereocenters. The van der Waals surface area contributed by atoms with Crippen LogP contribution in [0.2, 0.25) is 0 Å². The van der Waals surface area contributed by atoms with Gasteiger partial charge in [-0.3, -0.25) is 9.59 Å². The Labute approximate surface area is 149 Å². The van der Waals surface area contributed by atoms with Crippen LogP contribution >= 0.6 is 11.3 Å². The van der Waals surface area contributed by atoms with Crippen molar-refractivity contribution in [1.82, 2.24) is 20.2 Å². The number of nitrogens with one attached hydrogen (secondary N) is 1. The summed E-state index contributed by atoms with van der Waals surface area (Å²) in [4.78, 5) is 37.6. The predicted octanol–water partition coefficient (Wildman–Crippen LogP) is 1.74. The summed E-state index contributed by atoms with van der Waals surface area (Å²) < 4.78 is 0. The van der Waals surface area contributed by atoms with E-state index < -0.39 is 5.66 Å². The van der Waals surface area contributed by atoms with Crippen LogP contribution in [-0.2, 0) is 0 Å². The number of carbonyl (C=O) groups is 2. The highest BCUT2D eigenvalue weighted by molar-refractivity contribution is 7.07. The standard InChI is InChI=1S/C17H19N5O2S/c1-2-22-14-12(4-3-7-18-14)15(23)20-17(22)5-8-21(9-6-17)16(24)13-10-25-11-19-13/h3-4,7,10-11H,2,5-6,8-9H2,1H3,(H,20,23). The molecule has 4 heterocycles. The Morgan fingerprint density at radius 1 is 1.36 bits per heavy atom. The SMILES string of the molecule is CCN1c2ncccc2C(=O)NC12CCN(C(=O)c1cscn1)CC2. The van der Waals surface area contributed by atoms with Gasteiger partial charge in [0.2, 0.25) is 0 Å². The summed E-state index contributed by atoms with van der Waals surface area (Å²) in [5, 5.41) is 4.95. The molecule has 25 heavy (non-hydrogen) atoms. The third-order valence-electron chi connectivity index (χ3n) is 5.00. The molecule has 0 radical (unpaired) electrons. The van der Waals surface area contributed by atoms with Crippen LogP contribution in [0, 0.1) is 0 Å². The second kappa shape index (κ2) is 6.11. The topological polar surface area (TPSA) is 78.4 Å². The normalized spacial score (nSPS) is 18.8. The molecular weight excluding hydrogens is 338 g/mol. The molecule has 2 aromatic rings. The van der Waals surface area contributed by atoms with Crippen LogP contribution in [0.3, 0.4) is 0 Å².